The molecule has 0 aromatic carbocycles. The highest BCUT2D eigenvalue weighted by Crippen LogP contribution is 2.14. The monoisotopic (exact) mass is 238 g/mol. The van der Waals surface area contributed by atoms with E-state index in [4.69, 9.17) is 4.74 Å². The molecule has 0 radical (unpaired) electrons. The number of hydrogen-bond donors (Lipinski definition) is 3. The van der Waals surface area contributed by atoms with Crippen LogP contribution in [-0.2, 0) is 4.74 Å². The lowest BCUT2D eigenvalue weighted by Gasteiger charge is -2.10. The van der Waals surface area contributed by atoms with Gasteiger partial charge in [0.1, 0.15) is 0 Å². The van der Waals surface area contributed by atoms with Crippen LogP contribution in [0.4, 0.5) is 10.6 Å². The number of nitrogens with zero attached hydrogens (tertiary/aromatic N) is 1. The fraction of sp³-hybridized carbons (Fsp3) is 0.636. The Morgan fingerprint density at radius 2 is 2.47 bits per heavy atom. The van der Waals surface area contributed by atoms with Crippen molar-refractivity contribution in [2.24, 2.45) is 0 Å². The van der Waals surface area contributed by atoms with Crippen molar-refractivity contribution in [1.29, 1.82) is 0 Å². The van der Waals surface area contributed by atoms with Gasteiger partial charge in [0.2, 0.25) is 0 Å². The first-order chi connectivity index (χ1) is 8.15. The third-order valence-electron chi connectivity index (χ3n) is 2.73. The Kier molecular flexibility index (Phi) is 3.63. The number of hydrogen-bond acceptors (Lipinski definition) is 3. The molecule has 0 spiro atoms. The number of ether oxygens (including phenoxy) is 1. The van der Waals surface area contributed by atoms with Crippen molar-refractivity contribution >= 4 is 11.8 Å². The van der Waals surface area contributed by atoms with Gasteiger partial charge in [-0.2, -0.15) is 5.10 Å². The molecular formula is C11H18N4O2. The molecule has 3 N–H and O–H groups in total. The summed E-state index contributed by atoms with van der Waals surface area (Å²) in [4.78, 5) is 11.6. The van der Waals surface area contributed by atoms with Gasteiger partial charge in [-0.3, -0.25) is 10.4 Å². The van der Waals surface area contributed by atoms with E-state index < -0.39 is 0 Å². The molecule has 1 aromatic rings. The molecule has 1 aromatic heterocycles. The van der Waals surface area contributed by atoms with Gasteiger partial charge < -0.3 is 10.1 Å². The number of anilines is 1. The van der Waals surface area contributed by atoms with Crippen LogP contribution in [0.3, 0.4) is 0 Å². The molecule has 0 aliphatic carbocycles. The third kappa shape index (κ3) is 3.20. The first-order valence-electron chi connectivity index (χ1n) is 5.85. The molecule has 1 unspecified atom stereocenters. The number of urea groups is 1. The summed E-state index contributed by atoms with van der Waals surface area (Å²) in [5, 5.41) is 12.4. The first kappa shape index (κ1) is 11.9. The molecule has 1 atom stereocenters. The average Bonchev–Trinajstić information content (AvgIpc) is 2.88. The zero-order valence-electron chi connectivity index (χ0n) is 10.1. The molecule has 17 heavy (non-hydrogen) atoms. The molecule has 0 saturated carbocycles. The van der Waals surface area contributed by atoms with Gasteiger partial charge >= 0.3 is 6.03 Å². The molecule has 1 saturated heterocycles. The molecular weight excluding hydrogens is 220 g/mol. The molecule has 1 fully saturated rings. The van der Waals surface area contributed by atoms with Crippen molar-refractivity contribution in [2.45, 2.75) is 32.2 Å². The molecule has 6 nitrogen and oxygen atoms in total. The molecule has 2 heterocycles. The number of rotatable bonds is 3. The number of carbonyl (C=O) groups is 1. The summed E-state index contributed by atoms with van der Waals surface area (Å²) >= 11 is 0. The van der Waals surface area contributed by atoms with Gasteiger partial charge in [-0.05, 0) is 12.3 Å². The summed E-state index contributed by atoms with van der Waals surface area (Å²) in [6.07, 6.45) is 0.866. The Morgan fingerprint density at radius 3 is 3.06 bits per heavy atom. The second kappa shape index (κ2) is 5.18. The second-order valence-corrected chi connectivity index (χ2v) is 4.52. The summed E-state index contributed by atoms with van der Waals surface area (Å²) in [5.41, 5.74) is 1.00. The lowest BCUT2D eigenvalue weighted by Crippen LogP contribution is -2.38. The number of aromatic amines is 1. The highest BCUT2D eigenvalue weighted by molar-refractivity contribution is 5.88. The minimum atomic E-state index is -0.234. The fourth-order valence-electron chi connectivity index (χ4n) is 1.68. The van der Waals surface area contributed by atoms with Crippen LogP contribution < -0.4 is 10.6 Å². The number of amides is 2. The minimum Gasteiger partial charge on any atom is -0.379 e. The zero-order chi connectivity index (χ0) is 12.3. The summed E-state index contributed by atoms with van der Waals surface area (Å²) < 4.78 is 5.18. The van der Waals surface area contributed by atoms with E-state index in [1.54, 1.807) is 0 Å². The minimum absolute atomic E-state index is 0.110. The molecule has 2 amide bonds. The van der Waals surface area contributed by atoms with E-state index in [0.717, 1.165) is 12.1 Å². The lowest BCUT2D eigenvalue weighted by molar-refractivity contribution is 0.189. The topological polar surface area (TPSA) is 79.0 Å². The van der Waals surface area contributed by atoms with E-state index in [9.17, 15) is 4.79 Å². The number of aromatic nitrogens is 2. The van der Waals surface area contributed by atoms with Crippen molar-refractivity contribution in [3.05, 3.63) is 11.8 Å². The second-order valence-electron chi connectivity index (χ2n) is 4.52. The standard InChI is InChI=1S/C11H18N4O2/c1-7(2)9-5-10(15-14-9)13-11(16)12-8-3-4-17-6-8/h5,7-8H,3-4,6H2,1-2H3,(H3,12,13,14,15,16). The number of H-pyrrole nitrogens is 1. The van der Waals surface area contributed by atoms with Crippen molar-refractivity contribution in [1.82, 2.24) is 15.5 Å². The highest BCUT2D eigenvalue weighted by Gasteiger charge is 2.18. The van der Waals surface area contributed by atoms with Crippen LogP contribution in [0.5, 0.6) is 0 Å². The van der Waals surface area contributed by atoms with Gasteiger partial charge in [-0.1, -0.05) is 13.8 Å². The van der Waals surface area contributed by atoms with Crippen LogP contribution >= 0.6 is 0 Å². The Morgan fingerprint density at radius 1 is 1.65 bits per heavy atom. The van der Waals surface area contributed by atoms with E-state index in [-0.39, 0.29) is 12.1 Å². The predicted octanol–water partition coefficient (Wildman–Crippen LogP) is 1.44. The normalized spacial score (nSPS) is 19.6. The highest BCUT2D eigenvalue weighted by atomic mass is 16.5. The van der Waals surface area contributed by atoms with Crippen LogP contribution in [0.25, 0.3) is 0 Å². The van der Waals surface area contributed by atoms with Gasteiger partial charge in [0.25, 0.3) is 0 Å². The summed E-state index contributed by atoms with van der Waals surface area (Å²) in [6, 6.07) is 1.72. The third-order valence-corrected chi connectivity index (χ3v) is 2.73. The predicted molar refractivity (Wildman–Crippen MR) is 64.1 cm³/mol. The molecule has 1 aliphatic heterocycles. The van der Waals surface area contributed by atoms with Crippen LogP contribution in [0.2, 0.25) is 0 Å². The number of carbonyl (C=O) groups excluding carboxylic acids is 1. The van der Waals surface area contributed by atoms with E-state index in [1.807, 2.05) is 6.07 Å². The maximum Gasteiger partial charge on any atom is 0.320 e. The Hall–Kier alpha value is -1.56. The molecule has 0 bridgehead atoms. The lowest BCUT2D eigenvalue weighted by atomic mass is 10.1. The van der Waals surface area contributed by atoms with Gasteiger partial charge in [-0.15, -0.1) is 0 Å². The van der Waals surface area contributed by atoms with Crippen molar-refractivity contribution in [2.75, 3.05) is 18.5 Å². The summed E-state index contributed by atoms with van der Waals surface area (Å²) in [5.74, 6) is 0.912. The Labute approximate surface area is 100 Å². The van der Waals surface area contributed by atoms with E-state index in [2.05, 4.69) is 34.7 Å². The van der Waals surface area contributed by atoms with Crippen molar-refractivity contribution in [3.63, 3.8) is 0 Å². The van der Waals surface area contributed by atoms with Crippen LogP contribution in [0.1, 0.15) is 31.9 Å². The largest absolute Gasteiger partial charge is 0.379 e. The Bertz CT molecular complexity index is 383. The van der Waals surface area contributed by atoms with Crippen LogP contribution in [0, 0.1) is 0 Å². The average molecular weight is 238 g/mol. The summed E-state index contributed by atoms with van der Waals surface area (Å²) in [7, 11) is 0. The van der Waals surface area contributed by atoms with Gasteiger partial charge in [0, 0.05) is 18.4 Å². The quantitative estimate of drug-likeness (QED) is 0.745. The zero-order valence-corrected chi connectivity index (χ0v) is 10.1. The van der Waals surface area contributed by atoms with Gasteiger partial charge in [0.05, 0.1) is 12.6 Å². The SMILES string of the molecule is CC(C)c1cc(NC(=O)NC2CCOC2)n[nH]1. The summed E-state index contributed by atoms with van der Waals surface area (Å²) in [6.45, 7) is 5.43. The molecule has 6 heteroatoms. The molecule has 2 rings (SSSR count). The first-order valence-corrected chi connectivity index (χ1v) is 5.85. The maximum atomic E-state index is 11.6. The van der Waals surface area contributed by atoms with E-state index in [0.29, 0.717) is 24.9 Å². The Balaban J connectivity index is 1.84. The molecule has 1 aliphatic rings. The van der Waals surface area contributed by atoms with E-state index in [1.165, 1.54) is 0 Å². The van der Waals surface area contributed by atoms with E-state index >= 15 is 0 Å². The maximum absolute atomic E-state index is 11.6. The van der Waals surface area contributed by atoms with Gasteiger partial charge in [0.15, 0.2) is 5.82 Å². The molecule has 94 valence electrons. The smallest absolute Gasteiger partial charge is 0.320 e. The van der Waals surface area contributed by atoms with Gasteiger partial charge in [-0.25, -0.2) is 4.79 Å². The van der Waals surface area contributed by atoms with Crippen LogP contribution in [0.15, 0.2) is 6.07 Å². The number of nitrogens with one attached hydrogen (secondary N) is 3. The van der Waals surface area contributed by atoms with Crippen molar-refractivity contribution in [3.8, 4) is 0 Å². The van der Waals surface area contributed by atoms with Crippen LogP contribution in [-0.4, -0.2) is 35.5 Å². The van der Waals surface area contributed by atoms with Crippen molar-refractivity contribution < 1.29 is 9.53 Å². The fourth-order valence-corrected chi connectivity index (χ4v) is 1.68.